The van der Waals surface area contributed by atoms with E-state index in [0.717, 1.165) is 44.3 Å². The molecule has 1 nitrogen and oxygen atoms in total. The predicted molar refractivity (Wildman–Crippen MR) is 64.9 cm³/mol. The van der Waals surface area contributed by atoms with E-state index in [1.807, 2.05) is 0 Å². The molecule has 17 heavy (non-hydrogen) atoms. The highest BCUT2D eigenvalue weighted by molar-refractivity contribution is 5.18. The molecule has 0 spiro atoms. The molecule has 0 aliphatic carbocycles. The van der Waals surface area contributed by atoms with Crippen LogP contribution < -0.4 is 5.32 Å². The molecule has 2 rings (SSSR count). The molecule has 1 aliphatic rings. The Kier molecular flexibility index (Phi) is 4.49. The standard InChI is InChI=1S/C14H19F2N/c15-13-5-4-12(14(16)10-13)3-1-2-11-6-8-17-9-7-11/h4-5,10-11,17H,1-3,6-9H2. The lowest BCUT2D eigenvalue weighted by Crippen LogP contribution is -2.27. The van der Waals surface area contributed by atoms with Crippen molar-refractivity contribution in [2.75, 3.05) is 13.1 Å². The van der Waals surface area contributed by atoms with Gasteiger partial charge in [-0.1, -0.05) is 12.5 Å². The highest BCUT2D eigenvalue weighted by atomic mass is 19.1. The molecule has 1 aromatic rings. The van der Waals surface area contributed by atoms with Gasteiger partial charge in [-0.15, -0.1) is 0 Å². The quantitative estimate of drug-likeness (QED) is 0.850. The van der Waals surface area contributed by atoms with Crippen molar-refractivity contribution in [3.05, 3.63) is 35.4 Å². The lowest BCUT2D eigenvalue weighted by molar-refractivity contribution is 0.346. The number of benzene rings is 1. The molecule has 1 N–H and O–H groups in total. The molecule has 1 heterocycles. The molecule has 0 radical (unpaired) electrons. The van der Waals surface area contributed by atoms with Crippen LogP contribution in [-0.4, -0.2) is 13.1 Å². The lowest BCUT2D eigenvalue weighted by atomic mass is 9.91. The molecule has 0 unspecified atom stereocenters. The molecule has 94 valence electrons. The summed E-state index contributed by atoms with van der Waals surface area (Å²) in [6.45, 7) is 2.21. The van der Waals surface area contributed by atoms with Crippen LogP contribution in [0.5, 0.6) is 0 Å². The van der Waals surface area contributed by atoms with E-state index in [0.29, 0.717) is 5.56 Å². The van der Waals surface area contributed by atoms with Crippen LogP contribution >= 0.6 is 0 Å². The summed E-state index contributed by atoms with van der Waals surface area (Å²) in [5.41, 5.74) is 0.639. The minimum absolute atomic E-state index is 0.407. The number of aryl methyl sites for hydroxylation is 1. The molecular weight excluding hydrogens is 220 g/mol. The van der Waals surface area contributed by atoms with Gasteiger partial charge in [0.05, 0.1) is 0 Å². The van der Waals surface area contributed by atoms with Gasteiger partial charge in [-0.2, -0.15) is 0 Å². The van der Waals surface area contributed by atoms with E-state index in [-0.39, 0.29) is 0 Å². The number of piperidine rings is 1. The number of halogens is 2. The van der Waals surface area contributed by atoms with Crippen LogP contribution in [0.15, 0.2) is 18.2 Å². The summed E-state index contributed by atoms with van der Waals surface area (Å²) in [5, 5.41) is 3.34. The van der Waals surface area contributed by atoms with Crippen LogP contribution in [0.25, 0.3) is 0 Å². The van der Waals surface area contributed by atoms with Gasteiger partial charge in [-0.3, -0.25) is 0 Å². The van der Waals surface area contributed by atoms with Gasteiger partial charge >= 0.3 is 0 Å². The zero-order chi connectivity index (χ0) is 12.1. The van der Waals surface area contributed by atoms with Gasteiger partial charge in [0.15, 0.2) is 0 Å². The first-order chi connectivity index (χ1) is 8.25. The van der Waals surface area contributed by atoms with Gasteiger partial charge in [0.2, 0.25) is 0 Å². The fourth-order valence-electron chi connectivity index (χ4n) is 2.48. The summed E-state index contributed by atoms with van der Waals surface area (Å²) in [6.07, 6.45) is 5.32. The zero-order valence-electron chi connectivity index (χ0n) is 10.0. The zero-order valence-corrected chi connectivity index (χ0v) is 10.0. The van der Waals surface area contributed by atoms with E-state index in [4.69, 9.17) is 0 Å². The van der Waals surface area contributed by atoms with E-state index in [1.165, 1.54) is 18.9 Å². The van der Waals surface area contributed by atoms with Crippen molar-refractivity contribution in [1.29, 1.82) is 0 Å². The molecular formula is C14H19F2N. The largest absolute Gasteiger partial charge is 0.317 e. The van der Waals surface area contributed by atoms with Crippen LogP contribution in [-0.2, 0) is 6.42 Å². The first kappa shape index (κ1) is 12.5. The van der Waals surface area contributed by atoms with E-state index in [9.17, 15) is 8.78 Å². The molecule has 3 heteroatoms. The third-order valence-corrected chi connectivity index (χ3v) is 3.53. The van der Waals surface area contributed by atoms with Crippen molar-refractivity contribution in [1.82, 2.24) is 5.32 Å². The minimum atomic E-state index is -0.496. The minimum Gasteiger partial charge on any atom is -0.317 e. The Balaban J connectivity index is 1.77. The van der Waals surface area contributed by atoms with Crippen molar-refractivity contribution >= 4 is 0 Å². The number of hydrogen-bond acceptors (Lipinski definition) is 1. The first-order valence-corrected chi connectivity index (χ1v) is 6.40. The van der Waals surface area contributed by atoms with Gasteiger partial charge in [-0.25, -0.2) is 8.78 Å². The second-order valence-electron chi connectivity index (χ2n) is 4.82. The first-order valence-electron chi connectivity index (χ1n) is 6.40. The molecule has 1 aromatic carbocycles. The molecule has 0 atom stereocenters. The Hall–Kier alpha value is -0.960. The lowest BCUT2D eigenvalue weighted by Gasteiger charge is -2.22. The second kappa shape index (κ2) is 6.10. The summed E-state index contributed by atoms with van der Waals surface area (Å²) in [4.78, 5) is 0. The second-order valence-corrected chi connectivity index (χ2v) is 4.82. The van der Waals surface area contributed by atoms with Crippen molar-refractivity contribution in [3.63, 3.8) is 0 Å². The topological polar surface area (TPSA) is 12.0 Å². The third kappa shape index (κ3) is 3.77. The molecule has 1 fully saturated rings. The van der Waals surface area contributed by atoms with Gasteiger partial charge < -0.3 is 5.32 Å². The Morgan fingerprint density at radius 2 is 1.94 bits per heavy atom. The number of hydrogen-bond donors (Lipinski definition) is 1. The highest BCUT2D eigenvalue weighted by Gasteiger charge is 2.12. The van der Waals surface area contributed by atoms with E-state index >= 15 is 0 Å². The van der Waals surface area contributed by atoms with Crippen LogP contribution in [0.2, 0.25) is 0 Å². The third-order valence-electron chi connectivity index (χ3n) is 3.53. The Morgan fingerprint density at radius 3 is 2.65 bits per heavy atom. The van der Waals surface area contributed by atoms with Crippen molar-refractivity contribution in [2.24, 2.45) is 5.92 Å². The van der Waals surface area contributed by atoms with Crippen LogP contribution in [0.4, 0.5) is 8.78 Å². The van der Waals surface area contributed by atoms with Crippen molar-refractivity contribution in [2.45, 2.75) is 32.1 Å². The van der Waals surface area contributed by atoms with Gasteiger partial charge in [0.1, 0.15) is 11.6 Å². The van der Waals surface area contributed by atoms with Crippen LogP contribution in [0.1, 0.15) is 31.2 Å². The van der Waals surface area contributed by atoms with Crippen LogP contribution in [0, 0.1) is 17.6 Å². The summed E-state index contributed by atoms with van der Waals surface area (Å²) in [7, 11) is 0. The average Bonchev–Trinajstić information content (AvgIpc) is 2.33. The maximum absolute atomic E-state index is 13.4. The maximum Gasteiger partial charge on any atom is 0.129 e. The molecule has 1 saturated heterocycles. The Bertz CT molecular complexity index is 359. The molecule has 0 aromatic heterocycles. The number of nitrogens with one attached hydrogen (secondary N) is 1. The van der Waals surface area contributed by atoms with E-state index in [2.05, 4.69) is 5.32 Å². The van der Waals surface area contributed by atoms with Gasteiger partial charge in [-0.05, 0) is 56.3 Å². The van der Waals surface area contributed by atoms with Crippen molar-refractivity contribution in [3.8, 4) is 0 Å². The monoisotopic (exact) mass is 239 g/mol. The van der Waals surface area contributed by atoms with Gasteiger partial charge in [0.25, 0.3) is 0 Å². The predicted octanol–water partition coefficient (Wildman–Crippen LogP) is 3.29. The van der Waals surface area contributed by atoms with E-state index in [1.54, 1.807) is 6.07 Å². The van der Waals surface area contributed by atoms with Crippen LogP contribution in [0.3, 0.4) is 0 Å². The summed E-state index contributed by atoms with van der Waals surface area (Å²) >= 11 is 0. The summed E-state index contributed by atoms with van der Waals surface area (Å²) in [5.74, 6) is -0.125. The fraction of sp³-hybridized carbons (Fsp3) is 0.571. The normalized spacial score (nSPS) is 17.3. The molecule has 1 aliphatic heterocycles. The van der Waals surface area contributed by atoms with Crippen molar-refractivity contribution < 1.29 is 8.78 Å². The molecule has 0 saturated carbocycles. The van der Waals surface area contributed by atoms with Gasteiger partial charge in [0, 0.05) is 6.07 Å². The van der Waals surface area contributed by atoms with E-state index < -0.39 is 11.6 Å². The summed E-state index contributed by atoms with van der Waals surface area (Å²) < 4.78 is 26.1. The number of rotatable bonds is 4. The summed E-state index contributed by atoms with van der Waals surface area (Å²) in [6, 6.07) is 3.87. The fourth-order valence-corrected chi connectivity index (χ4v) is 2.48. The molecule has 0 bridgehead atoms. The average molecular weight is 239 g/mol. The Morgan fingerprint density at radius 1 is 1.18 bits per heavy atom. The SMILES string of the molecule is Fc1ccc(CCCC2CCNCC2)c(F)c1. The smallest absolute Gasteiger partial charge is 0.129 e. The molecule has 0 amide bonds. The highest BCUT2D eigenvalue weighted by Crippen LogP contribution is 2.20. The Labute approximate surface area is 101 Å². The maximum atomic E-state index is 13.4.